The molecule has 30 heavy (non-hydrogen) atoms. The third-order valence-electron chi connectivity index (χ3n) is 6.49. The number of hydrogen-bond donors (Lipinski definition) is 2. The van der Waals surface area contributed by atoms with Crippen LogP contribution in [0.5, 0.6) is 0 Å². The number of anilines is 1. The summed E-state index contributed by atoms with van der Waals surface area (Å²) in [6.45, 7) is 4.02. The Morgan fingerprint density at radius 2 is 1.97 bits per heavy atom. The molecule has 152 valence electrons. The highest BCUT2D eigenvalue weighted by atomic mass is 15.2. The van der Waals surface area contributed by atoms with E-state index in [1.165, 1.54) is 22.3 Å². The maximum absolute atomic E-state index is 4.58. The first-order valence-electron chi connectivity index (χ1n) is 10.4. The Hall–Kier alpha value is -3.25. The molecule has 4 aromatic rings. The average Bonchev–Trinajstić information content (AvgIpc) is 3.29. The lowest BCUT2D eigenvalue weighted by atomic mass is 9.80. The molecule has 0 unspecified atom stereocenters. The van der Waals surface area contributed by atoms with Crippen molar-refractivity contribution in [3.8, 4) is 11.1 Å². The van der Waals surface area contributed by atoms with Crippen molar-refractivity contribution < 1.29 is 0 Å². The molecule has 0 spiro atoms. The van der Waals surface area contributed by atoms with Gasteiger partial charge in [0.25, 0.3) is 0 Å². The van der Waals surface area contributed by atoms with Crippen LogP contribution in [0.3, 0.4) is 0 Å². The van der Waals surface area contributed by atoms with Crippen molar-refractivity contribution in [3.63, 3.8) is 0 Å². The molecule has 6 nitrogen and oxygen atoms in total. The lowest BCUT2D eigenvalue weighted by Gasteiger charge is -2.43. The van der Waals surface area contributed by atoms with Gasteiger partial charge in [0.15, 0.2) is 0 Å². The van der Waals surface area contributed by atoms with E-state index in [1.54, 1.807) is 6.33 Å². The first-order valence-corrected chi connectivity index (χ1v) is 10.4. The highest BCUT2D eigenvalue weighted by Crippen LogP contribution is 2.37. The summed E-state index contributed by atoms with van der Waals surface area (Å²) in [4.78, 5) is 18.8. The smallest absolute Gasteiger partial charge is 0.142 e. The third-order valence-corrected chi connectivity index (χ3v) is 6.49. The zero-order chi connectivity index (χ0) is 20.6. The van der Waals surface area contributed by atoms with Gasteiger partial charge in [0.2, 0.25) is 0 Å². The summed E-state index contributed by atoms with van der Waals surface area (Å²) in [5.41, 5.74) is 5.84. The Morgan fingerprint density at radius 1 is 1.10 bits per heavy atom. The van der Waals surface area contributed by atoms with Crippen LogP contribution in [0.1, 0.15) is 24.0 Å². The fraction of sp³-hybridized carbons (Fsp3) is 0.292. The van der Waals surface area contributed by atoms with Crippen molar-refractivity contribution in [2.45, 2.75) is 25.3 Å². The Labute approximate surface area is 176 Å². The number of H-pyrrole nitrogens is 1. The number of aromatic nitrogens is 4. The summed E-state index contributed by atoms with van der Waals surface area (Å²) in [6, 6.07) is 13.0. The number of nitrogens with one attached hydrogen (secondary N) is 2. The van der Waals surface area contributed by atoms with Crippen molar-refractivity contribution in [3.05, 3.63) is 72.4 Å². The van der Waals surface area contributed by atoms with E-state index in [2.05, 4.69) is 80.5 Å². The molecule has 0 aliphatic carbocycles. The third kappa shape index (κ3) is 3.13. The number of piperidine rings is 1. The van der Waals surface area contributed by atoms with Gasteiger partial charge in [0.1, 0.15) is 17.8 Å². The van der Waals surface area contributed by atoms with E-state index in [1.807, 2.05) is 18.6 Å². The monoisotopic (exact) mass is 398 g/mol. The Balaban J connectivity index is 1.43. The van der Waals surface area contributed by atoms with Gasteiger partial charge in [-0.05, 0) is 61.7 Å². The second-order valence-electron chi connectivity index (χ2n) is 8.03. The van der Waals surface area contributed by atoms with E-state index in [0.29, 0.717) is 0 Å². The molecule has 0 amide bonds. The van der Waals surface area contributed by atoms with E-state index in [-0.39, 0.29) is 5.54 Å². The zero-order valence-corrected chi connectivity index (χ0v) is 17.4. The number of benzene rings is 1. The van der Waals surface area contributed by atoms with Gasteiger partial charge in [0.05, 0.1) is 5.39 Å². The van der Waals surface area contributed by atoms with Gasteiger partial charge in [-0.15, -0.1) is 0 Å². The first-order chi connectivity index (χ1) is 14.7. The van der Waals surface area contributed by atoms with Crippen LogP contribution < -0.4 is 10.2 Å². The highest BCUT2D eigenvalue weighted by Gasteiger charge is 2.35. The summed E-state index contributed by atoms with van der Waals surface area (Å²) in [5.74, 6) is 1.02. The molecule has 0 bridgehead atoms. The summed E-state index contributed by atoms with van der Waals surface area (Å²) in [6.07, 6.45) is 9.40. The van der Waals surface area contributed by atoms with Crippen LogP contribution in [-0.4, -0.2) is 40.1 Å². The molecule has 5 rings (SSSR count). The molecule has 1 fully saturated rings. The highest BCUT2D eigenvalue weighted by molar-refractivity contribution is 5.87. The molecular formula is C24H26N6. The maximum Gasteiger partial charge on any atom is 0.142 e. The van der Waals surface area contributed by atoms with Crippen molar-refractivity contribution >= 4 is 16.9 Å². The van der Waals surface area contributed by atoms with Crippen molar-refractivity contribution in [2.24, 2.45) is 0 Å². The minimum Gasteiger partial charge on any atom is -0.356 e. The predicted molar refractivity (Wildman–Crippen MR) is 120 cm³/mol. The van der Waals surface area contributed by atoms with Gasteiger partial charge < -0.3 is 15.2 Å². The number of fused-ring (bicyclic) bond motifs is 1. The molecule has 4 heterocycles. The molecule has 1 saturated heterocycles. The summed E-state index contributed by atoms with van der Waals surface area (Å²) < 4.78 is 0. The molecule has 0 radical (unpaired) electrons. The van der Waals surface area contributed by atoms with Gasteiger partial charge in [0, 0.05) is 42.8 Å². The van der Waals surface area contributed by atoms with Crippen LogP contribution in [0.4, 0.5) is 5.82 Å². The molecule has 1 aromatic carbocycles. The standard InChI is InChI=1S/C24H26N6/c1-17-6-10-26-15-21(17)18-4-3-5-19(14-18)24(25-2)8-12-30(13-9-24)23-20-7-11-27-22(20)28-16-29-23/h3-7,10-11,14-16,25H,8-9,12-13H2,1-2H3,(H,27,28,29). The second kappa shape index (κ2) is 7.54. The van der Waals surface area contributed by atoms with E-state index in [0.717, 1.165) is 42.8 Å². The van der Waals surface area contributed by atoms with E-state index < -0.39 is 0 Å². The van der Waals surface area contributed by atoms with Crippen LogP contribution in [0.15, 0.2) is 61.3 Å². The summed E-state index contributed by atoms with van der Waals surface area (Å²) in [7, 11) is 2.08. The minimum absolute atomic E-state index is 0.0487. The normalized spacial score (nSPS) is 16.1. The quantitative estimate of drug-likeness (QED) is 0.543. The number of nitrogens with zero attached hydrogens (tertiary/aromatic N) is 4. The number of aromatic amines is 1. The van der Waals surface area contributed by atoms with E-state index >= 15 is 0 Å². The molecule has 2 N–H and O–H groups in total. The lowest BCUT2D eigenvalue weighted by Crippen LogP contribution is -2.50. The first kappa shape index (κ1) is 18.8. The minimum atomic E-state index is -0.0487. The number of pyridine rings is 1. The average molecular weight is 399 g/mol. The van der Waals surface area contributed by atoms with Gasteiger partial charge in [-0.2, -0.15) is 0 Å². The topological polar surface area (TPSA) is 69.7 Å². The van der Waals surface area contributed by atoms with Crippen LogP contribution in [0.2, 0.25) is 0 Å². The van der Waals surface area contributed by atoms with E-state index in [4.69, 9.17) is 0 Å². The number of aryl methyl sites for hydroxylation is 1. The van der Waals surface area contributed by atoms with Crippen molar-refractivity contribution in [1.29, 1.82) is 0 Å². The van der Waals surface area contributed by atoms with Gasteiger partial charge in [-0.1, -0.05) is 18.2 Å². The van der Waals surface area contributed by atoms with Crippen molar-refractivity contribution in [2.75, 3.05) is 25.0 Å². The van der Waals surface area contributed by atoms with Crippen LogP contribution in [-0.2, 0) is 5.54 Å². The van der Waals surface area contributed by atoms with E-state index in [9.17, 15) is 0 Å². The van der Waals surface area contributed by atoms with Crippen LogP contribution >= 0.6 is 0 Å². The Kier molecular flexibility index (Phi) is 4.71. The molecule has 3 aromatic heterocycles. The maximum atomic E-state index is 4.58. The molecule has 6 heteroatoms. The second-order valence-corrected chi connectivity index (χ2v) is 8.03. The van der Waals surface area contributed by atoms with Gasteiger partial charge >= 0.3 is 0 Å². The molecule has 1 aliphatic rings. The van der Waals surface area contributed by atoms with Crippen molar-refractivity contribution in [1.82, 2.24) is 25.3 Å². The fourth-order valence-corrected chi connectivity index (χ4v) is 4.64. The zero-order valence-electron chi connectivity index (χ0n) is 17.4. The number of hydrogen-bond acceptors (Lipinski definition) is 5. The molecule has 0 saturated carbocycles. The Bertz CT molecular complexity index is 1170. The summed E-state index contributed by atoms with van der Waals surface area (Å²) >= 11 is 0. The van der Waals surface area contributed by atoms with Crippen LogP contribution in [0, 0.1) is 6.92 Å². The fourth-order valence-electron chi connectivity index (χ4n) is 4.64. The molecule has 0 atom stereocenters. The lowest BCUT2D eigenvalue weighted by molar-refractivity contribution is 0.282. The molecule has 1 aliphatic heterocycles. The Morgan fingerprint density at radius 3 is 2.77 bits per heavy atom. The molecular weight excluding hydrogens is 372 g/mol. The summed E-state index contributed by atoms with van der Waals surface area (Å²) in [5, 5.41) is 4.74. The van der Waals surface area contributed by atoms with Crippen LogP contribution in [0.25, 0.3) is 22.2 Å². The number of rotatable bonds is 4. The SMILES string of the molecule is CNC1(c2cccc(-c3cnccc3C)c2)CCN(c2ncnc3[nH]ccc23)CC1. The predicted octanol–water partition coefficient (Wildman–Crippen LogP) is 4.04. The van der Waals surface area contributed by atoms with Gasteiger partial charge in [-0.3, -0.25) is 4.98 Å². The largest absolute Gasteiger partial charge is 0.356 e. The van der Waals surface area contributed by atoms with Gasteiger partial charge in [-0.25, -0.2) is 9.97 Å².